The van der Waals surface area contributed by atoms with Crippen LogP contribution in [0.25, 0.3) is 99.7 Å². The SMILES string of the molecule is c1ccc(-c2ccc(-c3nc(-c4ccc5ccccc5c4)cc(-c4cccc5c4oc4ccccc45)n3)c3c2oc2ccccc23)cc1. The number of aromatic nitrogens is 2. The summed E-state index contributed by atoms with van der Waals surface area (Å²) in [7, 11) is 0. The van der Waals surface area contributed by atoms with Crippen LogP contribution in [0, 0.1) is 0 Å². The molecule has 7 aromatic carbocycles. The molecule has 0 fully saturated rings. The van der Waals surface area contributed by atoms with Crippen molar-refractivity contribution in [2.45, 2.75) is 0 Å². The molecule has 0 radical (unpaired) electrons. The molecule has 48 heavy (non-hydrogen) atoms. The van der Waals surface area contributed by atoms with Crippen molar-refractivity contribution in [3.05, 3.63) is 158 Å². The van der Waals surface area contributed by atoms with Crippen molar-refractivity contribution < 1.29 is 8.83 Å². The van der Waals surface area contributed by atoms with Gasteiger partial charge in [-0.25, -0.2) is 9.97 Å². The number of para-hydroxylation sites is 3. The molecule has 0 bridgehead atoms. The number of rotatable bonds is 4. The van der Waals surface area contributed by atoms with Crippen molar-refractivity contribution >= 4 is 54.6 Å². The average molecular weight is 615 g/mol. The Morgan fingerprint density at radius 1 is 0.375 bits per heavy atom. The molecule has 10 rings (SSSR count). The van der Waals surface area contributed by atoms with Gasteiger partial charge in [0.05, 0.1) is 11.4 Å². The third-order valence-electron chi connectivity index (χ3n) is 9.30. The second kappa shape index (κ2) is 10.5. The van der Waals surface area contributed by atoms with Crippen LogP contribution in [0.4, 0.5) is 0 Å². The van der Waals surface area contributed by atoms with Crippen LogP contribution in [-0.4, -0.2) is 9.97 Å². The number of fused-ring (bicyclic) bond motifs is 7. The lowest BCUT2D eigenvalue weighted by Crippen LogP contribution is -1.97. The highest BCUT2D eigenvalue weighted by Gasteiger charge is 2.21. The van der Waals surface area contributed by atoms with E-state index in [0.717, 1.165) is 88.5 Å². The predicted molar refractivity (Wildman–Crippen MR) is 196 cm³/mol. The molecule has 3 aromatic heterocycles. The van der Waals surface area contributed by atoms with Crippen LogP contribution in [0.1, 0.15) is 0 Å². The number of nitrogens with zero attached hydrogens (tertiary/aromatic N) is 2. The Morgan fingerprint density at radius 3 is 1.92 bits per heavy atom. The van der Waals surface area contributed by atoms with E-state index in [1.54, 1.807) is 0 Å². The molecule has 3 heterocycles. The highest BCUT2D eigenvalue weighted by Crippen LogP contribution is 2.42. The summed E-state index contributed by atoms with van der Waals surface area (Å²) in [4.78, 5) is 10.6. The number of hydrogen-bond donors (Lipinski definition) is 0. The Labute approximate surface area is 275 Å². The monoisotopic (exact) mass is 614 g/mol. The first-order valence-corrected chi connectivity index (χ1v) is 16.1. The van der Waals surface area contributed by atoms with Gasteiger partial charge in [0.2, 0.25) is 0 Å². The summed E-state index contributed by atoms with van der Waals surface area (Å²) in [6, 6.07) is 54.3. The van der Waals surface area contributed by atoms with Crippen molar-refractivity contribution in [1.82, 2.24) is 9.97 Å². The lowest BCUT2D eigenvalue weighted by molar-refractivity contribution is 0.669. The fraction of sp³-hybridized carbons (Fsp3) is 0. The second-order valence-corrected chi connectivity index (χ2v) is 12.1. The van der Waals surface area contributed by atoms with Crippen LogP contribution in [0.5, 0.6) is 0 Å². The van der Waals surface area contributed by atoms with Crippen molar-refractivity contribution in [2.75, 3.05) is 0 Å². The first kappa shape index (κ1) is 26.7. The van der Waals surface area contributed by atoms with Gasteiger partial charge in [0.25, 0.3) is 0 Å². The molecule has 0 saturated heterocycles. The molecule has 4 heteroatoms. The normalized spacial score (nSPS) is 11.8. The van der Waals surface area contributed by atoms with Crippen molar-refractivity contribution in [3.63, 3.8) is 0 Å². The smallest absolute Gasteiger partial charge is 0.161 e. The summed E-state index contributed by atoms with van der Waals surface area (Å²) in [5.41, 5.74) is 9.92. The van der Waals surface area contributed by atoms with E-state index in [4.69, 9.17) is 18.8 Å². The molecule has 0 aliphatic heterocycles. The molecule has 0 atom stereocenters. The molecule has 0 amide bonds. The maximum atomic E-state index is 6.60. The predicted octanol–water partition coefficient (Wildman–Crippen LogP) is 12.1. The zero-order chi connectivity index (χ0) is 31.6. The van der Waals surface area contributed by atoms with Gasteiger partial charge in [-0.05, 0) is 58.8 Å². The number of benzene rings is 7. The summed E-state index contributed by atoms with van der Waals surface area (Å²) in [5, 5.41) is 6.52. The number of hydrogen-bond acceptors (Lipinski definition) is 4. The van der Waals surface area contributed by atoms with Gasteiger partial charge < -0.3 is 8.83 Å². The van der Waals surface area contributed by atoms with E-state index in [0.29, 0.717) is 5.82 Å². The summed E-state index contributed by atoms with van der Waals surface area (Å²) in [6.45, 7) is 0. The standard InChI is InChI=1S/C44H26N2O2/c1-2-12-28(13-3-1)31-23-24-36(41-35-16-7-9-20-40(35)48-43(31)41)44-45-37(30-22-21-27-11-4-5-14-29(27)25-30)26-38(46-44)34-18-10-17-33-32-15-6-8-19-39(32)47-42(33)34/h1-26H. The summed E-state index contributed by atoms with van der Waals surface area (Å²) in [5.74, 6) is 0.625. The minimum Gasteiger partial charge on any atom is -0.455 e. The van der Waals surface area contributed by atoms with Gasteiger partial charge in [0.15, 0.2) is 5.82 Å². The van der Waals surface area contributed by atoms with Crippen LogP contribution < -0.4 is 0 Å². The molecule has 0 aliphatic carbocycles. The van der Waals surface area contributed by atoms with E-state index >= 15 is 0 Å². The Hall–Kier alpha value is -6.52. The summed E-state index contributed by atoms with van der Waals surface area (Å²) in [6.07, 6.45) is 0. The van der Waals surface area contributed by atoms with Gasteiger partial charge >= 0.3 is 0 Å². The van der Waals surface area contributed by atoms with E-state index in [2.05, 4.69) is 121 Å². The highest BCUT2D eigenvalue weighted by molar-refractivity contribution is 6.16. The molecule has 224 valence electrons. The van der Waals surface area contributed by atoms with Crippen molar-refractivity contribution in [3.8, 4) is 45.0 Å². The van der Waals surface area contributed by atoms with Crippen LogP contribution >= 0.6 is 0 Å². The van der Waals surface area contributed by atoms with Gasteiger partial charge in [-0.1, -0.05) is 115 Å². The Balaban J connectivity index is 1.28. The van der Waals surface area contributed by atoms with Crippen LogP contribution in [0.2, 0.25) is 0 Å². The van der Waals surface area contributed by atoms with E-state index in [1.807, 2.05) is 36.4 Å². The zero-order valence-corrected chi connectivity index (χ0v) is 25.7. The molecule has 0 aliphatic rings. The van der Waals surface area contributed by atoms with Gasteiger partial charge in [-0.3, -0.25) is 0 Å². The maximum Gasteiger partial charge on any atom is 0.161 e. The quantitative estimate of drug-likeness (QED) is 0.198. The molecule has 0 spiro atoms. The van der Waals surface area contributed by atoms with Crippen molar-refractivity contribution in [2.24, 2.45) is 0 Å². The summed E-state index contributed by atoms with van der Waals surface area (Å²) < 4.78 is 13.1. The fourth-order valence-electron chi connectivity index (χ4n) is 7.01. The fourth-order valence-corrected chi connectivity index (χ4v) is 7.01. The minimum absolute atomic E-state index is 0.625. The van der Waals surface area contributed by atoms with Gasteiger partial charge in [-0.2, -0.15) is 0 Å². The van der Waals surface area contributed by atoms with Crippen LogP contribution in [0.3, 0.4) is 0 Å². The molecule has 0 saturated carbocycles. The molecule has 4 nitrogen and oxygen atoms in total. The molecular weight excluding hydrogens is 588 g/mol. The maximum absolute atomic E-state index is 6.60. The molecule has 10 aromatic rings. The van der Waals surface area contributed by atoms with E-state index in [1.165, 1.54) is 5.39 Å². The van der Waals surface area contributed by atoms with E-state index in [9.17, 15) is 0 Å². The third-order valence-corrected chi connectivity index (χ3v) is 9.30. The molecular formula is C44H26N2O2. The summed E-state index contributed by atoms with van der Waals surface area (Å²) >= 11 is 0. The Kier molecular flexibility index (Phi) is 5.84. The van der Waals surface area contributed by atoms with Crippen LogP contribution in [0.15, 0.2) is 167 Å². The lowest BCUT2D eigenvalue weighted by atomic mass is 9.97. The largest absolute Gasteiger partial charge is 0.455 e. The zero-order valence-electron chi connectivity index (χ0n) is 25.7. The Morgan fingerprint density at radius 2 is 1.04 bits per heavy atom. The molecule has 0 N–H and O–H groups in total. The number of furan rings is 2. The van der Waals surface area contributed by atoms with Crippen LogP contribution in [-0.2, 0) is 0 Å². The average Bonchev–Trinajstić information content (AvgIpc) is 3.74. The first-order valence-electron chi connectivity index (χ1n) is 16.1. The van der Waals surface area contributed by atoms with E-state index < -0.39 is 0 Å². The third kappa shape index (κ3) is 4.16. The molecule has 0 unspecified atom stereocenters. The topological polar surface area (TPSA) is 52.1 Å². The van der Waals surface area contributed by atoms with Gasteiger partial charge in [-0.15, -0.1) is 0 Å². The van der Waals surface area contributed by atoms with E-state index in [-0.39, 0.29) is 0 Å². The van der Waals surface area contributed by atoms with Gasteiger partial charge in [0.1, 0.15) is 22.3 Å². The first-order chi connectivity index (χ1) is 23.8. The van der Waals surface area contributed by atoms with Gasteiger partial charge in [0, 0.05) is 43.8 Å². The second-order valence-electron chi connectivity index (χ2n) is 12.1. The van der Waals surface area contributed by atoms with Crippen molar-refractivity contribution in [1.29, 1.82) is 0 Å². The Bertz CT molecular complexity index is 2850. The highest BCUT2D eigenvalue weighted by atomic mass is 16.3. The minimum atomic E-state index is 0.625. The lowest BCUT2D eigenvalue weighted by Gasteiger charge is -2.12.